The van der Waals surface area contributed by atoms with E-state index in [1.165, 1.54) is 0 Å². The molecule has 2 rings (SSSR count). The normalized spacial score (nSPS) is 17.1. The number of piperazine rings is 1. The lowest BCUT2D eigenvalue weighted by Crippen LogP contribution is -2.48. The van der Waals surface area contributed by atoms with Gasteiger partial charge in [-0.15, -0.1) is 0 Å². The second kappa shape index (κ2) is 5.97. The summed E-state index contributed by atoms with van der Waals surface area (Å²) in [4.78, 5) is 20.5. The van der Waals surface area contributed by atoms with E-state index in [1.807, 2.05) is 22.7 Å². The molecular formula is C12H21N5O. The van der Waals surface area contributed by atoms with Crippen molar-refractivity contribution in [3.05, 3.63) is 18.2 Å². The lowest BCUT2D eigenvalue weighted by atomic mass is 10.3. The molecule has 0 radical (unpaired) electrons. The van der Waals surface area contributed by atoms with Crippen LogP contribution in [0.25, 0.3) is 0 Å². The Labute approximate surface area is 108 Å². The number of aromatic nitrogens is 2. The van der Waals surface area contributed by atoms with E-state index in [4.69, 9.17) is 0 Å². The van der Waals surface area contributed by atoms with Gasteiger partial charge in [0, 0.05) is 38.9 Å². The summed E-state index contributed by atoms with van der Waals surface area (Å²) >= 11 is 0. The molecule has 0 bridgehead atoms. The monoisotopic (exact) mass is 251 g/mol. The molecule has 0 atom stereocenters. The quantitative estimate of drug-likeness (QED) is 0.774. The number of carbonyl (C=O) groups is 1. The molecule has 1 aliphatic heterocycles. The molecule has 1 N–H and O–H groups in total. The van der Waals surface area contributed by atoms with Gasteiger partial charge in [0.15, 0.2) is 0 Å². The maximum Gasteiger partial charge on any atom is 0.242 e. The SMILES string of the molecule is CNCc1cn(CC(=O)N2CCN(C)CC2)cn1. The zero-order valence-electron chi connectivity index (χ0n) is 11.1. The molecule has 0 aromatic carbocycles. The summed E-state index contributed by atoms with van der Waals surface area (Å²) in [6, 6.07) is 0. The summed E-state index contributed by atoms with van der Waals surface area (Å²) in [7, 11) is 3.97. The van der Waals surface area contributed by atoms with E-state index in [9.17, 15) is 4.79 Å². The molecule has 0 spiro atoms. The zero-order valence-corrected chi connectivity index (χ0v) is 11.1. The summed E-state index contributed by atoms with van der Waals surface area (Å²) < 4.78 is 1.85. The van der Waals surface area contributed by atoms with E-state index in [1.54, 1.807) is 6.33 Å². The van der Waals surface area contributed by atoms with Crippen LogP contribution in [0.2, 0.25) is 0 Å². The number of nitrogens with one attached hydrogen (secondary N) is 1. The number of imidazole rings is 1. The van der Waals surface area contributed by atoms with Gasteiger partial charge in [-0.2, -0.15) is 0 Å². The average molecular weight is 251 g/mol. The second-order valence-corrected chi connectivity index (χ2v) is 4.75. The molecule has 1 saturated heterocycles. The first-order valence-corrected chi connectivity index (χ1v) is 6.30. The lowest BCUT2D eigenvalue weighted by molar-refractivity contribution is -0.133. The molecule has 2 heterocycles. The number of nitrogens with zero attached hydrogens (tertiary/aromatic N) is 4. The van der Waals surface area contributed by atoms with Gasteiger partial charge in [-0.1, -0.05) is 0 Å². The van der Waals surface area contributed by atoms with Crippen molar-refractivity contribution in [3.63, 3.8) is 0 Å². The third kappa shape index (κ3) is 3.30. The maximum atomic E-state index is 12.1. The Hall–Kier alpha value is -1.40. The van der Waals surface area contributed by atoms with Gasteiger partial charge in [0.25, 0.3) is 0 Å². The van der Waals surface area contributed by atoms with E-state index >= 15 is 0 Å². The van der Waals surface area contributed by atoms with Crippen LogP contribution >= 0.6 is 0 Å². The Morgan fingerprint density at radius 3 is 2.78 bits per heavy atom. The van der Waals surface area contributed by atoms with Crippen LogP contribution in [0.4, 0.5) is 0 Å². The van der Waals surface area contributed by atoms with Crippen LogP contribution in [0.1, 0.15) is 5.69 Å². The van der Waals surface area contributed by atoms with Crippen LogP contribution in [0, 0.1) is 0 Å². The van der Waals surface area contributed by atoms with Gasteiger partial charge in [0.2, 0.25) is 5.91 Å². The van der Waals surface area contributed by atoms with Crippen LogP contribution < -0.4 is 5.32 Å². The first-order valence-electron chi connectivity index (χ1n) is 6.30. The van der Waals surface area contributed by atoms with E-state index in [-0.39, 0.29) is 5.91 Å². The van der Waals surface area contributed by atoms with Crippen molar-refractivity contribution in [3.8, 4) is 0 Å². The average Bonchev–Trinajstić information content (AvgIpc) is 2.78. The van der Waals surface area contributed by atoms with Gasteiger partial charge in [0.05, 0.1) is 12.0 Å². The molecule has 6 nitrogen and oxygen atoms in total. The standard InChI is InChI=1S/C12H21N5O/c1-13-7-11-8-16(10-14-11)9-12(18)17-5-3-15(2)4-6-17/h8,10,13H,3-7,9H2,1-2H3. The largest absolute Gasteiger partial charge is 0.339 e. The number of likely N-dealkylation sites (N-methyl/N-ethyl adjacent to an activating group) is 1. The molecule has 6 heteroatoms. The van der Waals surface area contributed by atoms with Crippen molar-refractivity contribution in [2.24, 2.45) is 0 Å². The van der Waals surface area contributed by atoms with E-state index in [0.717, 1.165) is 38.4 Å². The van der Waals surface area contributed by atoms with Gasteiger partial charge >= 0.3 is 0 Å². The number of hydrogen-bond acceptors (Lipinski definition) is 4. The smallest absolute Gasteiger partial charge is 0.242 e. The topological polar surface area (TPSA) is 53.4 Å². The summed E-state index contributed by atoms with van der Waals surface area (Å²) in [5, 5.41) is 3.04. The highest BCUT2D eigenvalue weighted by atomic mass is 16.2. The minimum atomic E-state index is 0.177. The van der Waals surface area contributed by atoms with Gasteiger partial charge in [-0.25, -0.2) is 4.98 Å². The summed E-state index contributed by atoms with van der Waals surface area (Å²) in [5.74, 6) is 0.177. The fraction of sp³-hybridized carbons (Fsp3) is 0.667. The first-order chi connectivity index (χ1) is 8.69. The van der Waals surface area contributed by atoms with Gasteiger partial charge in [-0.3, -0.25) is 4.79 Å². The lowest BCUT2D eigenvalue weighted by Gasteiger charge is -2.32. The number of rotatable bonds is 4. The molecule has 1 fully saturated rings. The zero-order chi connectivity index (χ0) is 13.0. The highest BCUT2D eigenvalue weighted by Gasteiger charge is 2.18. The molecule has 0 saturated carbocycles. The Balaban J connectivity index is 1.86. The Bertz CT molecular complexity index is 395. The van der Waals surface area contributed by atoms with Crippen molar-refractivity contribution < 1.29 is 4.79 Å². The maximum absolute atomic E-state index is 12.1. The molecular weight excluding hydrogens is 230 g/mol. The second-order valence-electron chi connectivity index (χ2n) is 4.75. The summed E-state index contributed by atoms with van der Waals surface area (Å²) in [6.45, 7) is 4.69. The van der Waals surface area contributed by atoms with Crippen LogP contribution in [0.3, 0.4) is 0 Å². The summed E-state index contributed by atoms with van der Waals surface area (Å²) in [6.07, 6.45) is 3.64. The van der Waals surface area contributed by atoms with Crippen molar-refractivity contribution in [1.82, 2.24) is 24.7 Å². The van der Waals surface area contributed by atoms with Crippen molar-refractivity contribution in [2.75, 3.05) is 40.3 Å². The van der Waals surface area contributed by atoms with Gasteiger partial charge in [0.1, 0.15) is 6.54 Å². The van der Waals surface area contributed by atoms with Crippen LogP contribution in [0.5, 0.6) is 0 Å². The predicted octanol–water partition coefficient (Wildman–Crippen LogP) is -0.623. The third-order valence-corrected chi connectivity index (χ3v) is 3.22. The Kier molecular flexibility index (Phi) is 4.33. The van der Waals surface area contributed by atoms with E-state index < -0.39 is 0 Å². The van der Waals surface area contributed by atoms with E-state index in [2.05, 4.69) is 22.2 Å². The molecule has 0 unspecified atom stereocenters. The minimum absolute atomic E-state index is 0.177. The Morgan fingerprint density at radius 1 is 1.39 bits per heavy atom. The molecule has 100 valence electrons. The molecule has 1 aromatic heterocycles. The number of amides is 1. The summed E-state index contributed by atoms with van der Waals surface area (Å²) in [5.41, 5.74) is 0.962. The fourth-order valence-corrected chi connectivity index (χ4v) is 2.08. The van der Waals surface area contributed by atoms with E-state index in [0.29, 0.717) is 6.54 Å². The van der Waals surface area contributed by atoms with Crippen LogP contribution in [0.15, 0.2) is 12.5 Å². The number of hydrogen-bond donors (Lipinski definition) is 1. The van der Waals surface area contributed by atoms with Crippen LogP contribution in [-0.4, -0.2) is 65.5 Å². The van der Waals surface area contributed by atoms with Crippen molar-refractivity contribution in [2.45, 2.75) is 13.1 Å². The molecule has 18 heavy (non-hydrogen) atoms. The molecule has 1 aliphatic rings. The fourth-order valence-electron chi connectivity index (χ4n) is 2.08. The Morgan fingerprint density at radius 2 is 2.11 bits per heavy atom. The van der Waals surface area contributed by atoms with Crippen molar-refractivity contribution in [1.29, 1.82) is 0 Å². The first kappa shape index (κ1) is 13.0. The van der Waals surface area contributed by atoms with Crippen LogP contribution in [-0.2, 0) is 17.9 Å². The predicted molar refractivity (Wildman–Crippen MR) is 69.1 cm³/mol. The highest BCUT2D eigenvalue weighted by Crippen LogP contribution is 2.02. The van der Waals surface area contributed by atoms with Gasteiger partial charge < -0.3 is 19.7 Å². The van der Waals surface area contributed by atoms with Gasteiger partial charge in [-0.05, 0) is 14.1 Å². The van der Waals surface area contributed by atoms with Crippen molar-refractivity contribution >= 4 is 5.91 Å². The third-order valence-electron chi connectivity index (χ3n) is 3.22. The molecule has 1 amide bonds. The number of carbonyl (C=O) groups excluding carboxylic acids is 1. The molecule has 0 aliphatic carbocycles. The minimum Gasteiger partial charge on any atom is -0.339 e. The highest BCUT2D eigenvalue weighted by molar-refractivity contribution is 5.76. The molecule has 1 aromatic rings.